The molecule has 3 nitrogen and oxygen atoms in total. The summed E-state index contributed by atoms with van der Waals surface area (Å²) in [5.74, 6) is -0.905. The molecule has 0 unspecified atom stereocenters. The van der Waals surface area contributed by atoms with Gasteiger partial charge < -0.3 is 5.11 Å². The number of aryl methyl sites for hydroxylation is 1. The minimum absolute atomic E-state index is 0.333. The zero-order valence-corrected chi connectivity index (χ0v) is 13.0. The minimum atomic E-state index is -0.905. The average molecular weight is 315 g/mol. The van der Waals surface area contributed by atoms with Gasteiger partial charge in [0.2, 0.25) is 0 Å². The first kappa shape index (κ1) is 14.0. The fourth-order valence-electron chi connectivity index (χ4n) is 2.12. The Morgan fingerprint density at radius 2 is 2.14 bits per heavy atom. The Balaban J connectivity index is 2.02. The molecule has 0 atom stereocenters. The summed E-state index contributed by atoms with van der Waals surface area (Å²) in [6.45, 7) is 2.02. The van der Waals surface area contributed by atoms with Crippen LogP contribution in [0.3, 0.4) is 0 Å². The van der Waals surface area contributed by atoms with Gasteiger partial charge in [-0.25, -0.2) is 9.78 Å². The van der Waals surface area contributed by atoms with Crippen molar-refractivity contribution in [3.8, 4) is 10.6 Å². The largest absolute Gasteiger partial charge is 0.477 e. The smallest absolute Gasteiger partial charge is 0.347 e. The lowest BCUT2D eigenvalue weighted by Gasteiger charge is -1.97. The molecule has 0 saturated heterocycles. The van der Waals surface area contributed by atoms with Crippen LogP contribution in [0.15, 0.2) is 41.8 Å². The lowest BCUT2D eigenvalue weighted by Crippen LogP contribution is -1.98. The van der Waals surface area contributed by atoms with Crippen LogP contribution in [0.5, 0.6) is 0 Å². The number of nitrogens with zero attached hydrogens (tertiary/aromatic N) is 1. The van der Waals surface area contributed by atoms with Crippen LogP contribution in [0.4, 0.5) is 0 Å². The molecular weight excluding hydrogens is 302 g/mol. The SMILES string of the molecule is Cc1cccc(-c2nc(Cc3cccs3)c(C(=O)O)s2)c1. The summed E-state index contributed by atoms with van der Waals surface area (Å²) in [7, 11) is 0. The Morgan fingerprint density at radius 1 is 1.29 bits per heavy atom. The topological polar surface area (TPSA) is 50.2 Å². The highest BCUT2D eigenvalue weighted by molar-refractivity contribution is 7.17. The molecule has 2 heterocycles. The lowest BCUT2D eigenvalue weighted by molar-refractivity contribution is 0.0701. The summed E-state index contributed by atoms with van der Waals surface area (Å²) in [5, 5.41) is 12.1. The number of aromatic carboxylic acids is 1. The number of carbonyl (C=O) groups is 1. The second-order valence-corrected chi connectivity index (χ2v) is 6.76. The molecule has 106 valence electrons. The predicted molar refractivity (Wildman–Crippen MR) is 86.4 cm³/mol. The fraction of sp³-hybridized carbons (Fsp3) is 0.125. The highest BCUT2D eigenvalue weighted by atomic mass is 32.1. The molecule has 21 heavy (non-hydrogen) atoms. The molecule has 0 aliphatic rings. The first-order valence-corrected chi connectivity index (χ1v) is 8.15. The molecule has 0 bridgehead atoms. The molecule has 0 amide bonds. The molecule has 0 aliphatic heterocycles. The van der Waals surface area contributed by atoms with E-state index in [4.69, 9.17) is 0 Å². The predicted octanol–water partition coefficient (Wildman–Crippen LogP) is 4.47. The van der Waals surface area contributed by atoms with E-state index in [1.54, 1.807) is 11.3 Å². The maximum Gasteiger partial charge on any atom is 0.347 e. The lowest BCUT2D eigenvalue weighted by atomic mass is 10.1. The van der Waals surface area contributed by atoms with Gasteiger partial charge in [-0.05, 0) is 24.4 Å². The van der Waals surface area contributed by atoms with Crippen LogP contribution >= 0.6 is 22.7 Å². The van der Waals surface area contributed by atoms with Crippen molar-refractivity contribution in [2.24, 2.45) is 0 Å². The molecule has 1 aromatic carbocycles. The van der Waals surface area contributed by atoms with E-state index in [2.05, 4.69) is 4.98 Å². The van der Waals surface area contributed by atoms with Gasteiger partial charge in [-0.2, -0.15) is 0 Å². The number of thiazole rings is 1. The van der Waals surface area contributed by atoms with Gasteiger partial charge in [0, 0.05) is 16.9 Å². The van der Waals surface area contributed by atoms with Gasteiger partial charge >= 0.3 is 5.97 Å². The molecule has 0 radical (unpaired) electrons. The first-order valence-electron chi connectivity index (χ1n) is 6.46. The van der Waals surface area contributed by atoms with Crippen LogP contribution in [-0.2, 0) is 6.42 Å². The average Bonchev–Trinajstić information content (AvgIpc) is 3.08. The van der Waals surface area contributed by atoms with Gasteiger partial charge in [-0.15, -0.1) is 22.7 Å². The summed E-state index contributed by atoms with van der Waals surface area (Å²) in [6, 6.07) is 11.9. The zero-order chi connectivity index (χ0) is 14.8. The highest BCUT2D eigenvalue weighted by Gasteiger charge is 2.18. The third-order valence-electron chi connectivity index (χ3n) is 3.08. The first-order chi connectivity index (χ1) is 10.1. The Bertz CT molecular complexity index is 775. The van der Waals surface area contributed by atoms with Gasteiger partial charge in [-0.3, -0.25) is 0 Å². The van der Waals surface area contributed by atoms with E-state index in [-0.39, 0.29) is 0 Å². The summed E-state index contributed by atoms with van der Waals surface area (Å²) in [4.78, 5) is 17.5. The van der Waals surface area contributed by atoms with Gasteiger partial charge in [0.25, 0.3) is 0 Å². The molecule has 3 aromatic rings. The molecule has 2 aromatic heterocycles. The summed E-state index contributed by atoms with van der Waals surface area (Å²) < 4.78 is 0. The second kappa shape index (κ2) is 5.79. The van der Waals surface area contributed by atoms with Crippen molar-refractivity contribution in [3.05, 3.63) is 62.8 Å². The van der Waals surface area contributed by atoms with Crippen LogP contribution in [0.1, 0.15) is 25.8 Å². The van der Waals surface area contributed by atoms with E-state index >= 15 is 0 Å². The van der Waals surface area contributed by atoms with E-state index in [1.165, 1.54) is 11.3 Å². The van der Waals surface area contributed by atoms with Crippen molar-refractivity contribution in [2.75, 3.05) is 0 Å². The number of carboxylic acid groups (broad SMARTS) is 1. The maximum atomic E-state index is 11.4. The molecular formula is C16H13NO2S2. The second-order valence-electron chi connectivity index (χ2n) is 4.73. The van der Waals surface area contributed by atoms with Gasteiger partial charge in [0.05, 0.1) is 5.69 Å². The van der Waals surface area contributed by atoms with Crippen molar-refractivity contribution in [1.82, 2.24) is 4.98 Å². The van der Waals surface area contributed by atoms with Crippen molar-refractivity contribution in [3.63, 3.8) is 0 Å². The normalized spacial score (nSPS) is 10.7. The van der Waals surface area contributed by atoms with Crippen molar-refractivity contribution >= 4 is 28.6 Å². The van der Waals surface area contributed by atoms with Crippen LogP contribution in [0.2, 0.25) is 0 Å². The fourth-order valence-corrected chi connectivity index (χ4v) is 3.74. The Morgan fingerprint density at radius 3 is 2.81 bits per heavy atom. The third kappa shape index (κ3) is 3.04. The van der Waals surface area contributed by atoms with E-state index in [0.29, 0.717) is 17.0 Å². The number of thiophene rings is 1. The number of aromatic nitrogens is 1. The summed E-state index contributed by atoms with van der Waals surface area (Å²) >= 11 is 2.86. The number of hydrogen-bond acceptors (Lipinski definition) is 4. The monoisotopic (exact) mass is 315 g/mol. The molecule has 5 heteroatoms. The van der Waals surface area contributed by atoms with Crippen LogP contribution in [0, 0.1) is 6.92 Å². The minimum Gasteiger partial charge on any atom is -0.477 e. The van der Waals surface area contributed by atoms with Crippen molar-refractivity contribution < 1.29 is 9.90 Å². The van der Waals surface area contributed by atoms with Crippen molar-refractivity contribution in [2.45, 2.75) is 13.3 Å². The number of rotatable bonds is 4. The molecule has 0 aliphatic carbocycles. The van der Waals surface area contributed by atoms with Crippen LogP contribution in [-0.4, -0.2) is 16.1 Å². The highest BCUT2D eigenvalue weighted by Crippen LogP contribution is 2.30. The van der Waals surface area contributed by atoms with Crippen molar-refractivity contribution in [1.29, 1.82) is 0 Å². The van der Waals surface area contributed by atoms with E-state index in [0.717, 1.165) is 21.0 Å². The van der Waals surface area contributed by atoms with E-state index < -0.39 is 5.97 Å². The van der Waals surface area contributed by atoms with E-state index in [9.17, 15) is 9.90 Å². The summed E-state index contributed by atoms with van der Waals surface area (Å²) in [5.41, 5.74) is 2.76. The summed E-state index contributed by atoms with van der Waals surface area (Å²) in [6.07, 6.45) is 0.571. The molecule has 0 saturated carbocycles. The van der Waals surface area contributed by atoms with Gasteiger partial charge in [0.15, 0.2) is 0 Å². The maximum absolute atomic E-state index is 11.4. The van der Waals surface area contributed by atoms with Gasteiger partial charge in [0.1, 0.15) is 9.88 Å². The zero-order valence-electron chi connectivity index (χ0n) is 11.4. The molecule has 3 rings (SSSR count). The number of hydrogen-bond donors (Lipinski definition) is 1. The van der Waals surface area contributed by atoms with Gasteiger partial charge in [-0.1, -0.05) is 29.8 Å². The van der Waals surface area contributed by atoms with E-state index in [1.807, 2.05) is 48.7 Å². The van der Waals surface area contributed by atoms with Crippen LogP contribution < -0.4 is 0 Å². The third-order valence-corrected chi connectivity index (χ3v) is 5.09. The Hall–Kier alpha value is -1.98. The Kier molecular flexibility index (Phi) is 3.86. The molecule has 0 fully saturated rings. The number of carboxylic acids is 1. The standard InChI is InChI=1S/C16H13NO2S2/c1-10-4-2-5-11(8-10)15-17-13(14(21-15)16(18)19)9-12-6-3-7-20-12/h2-8H,9H2,1H3,(H,18,19). The Labute approximate surface area is 130 Å². The van der Waals surface area contributed by atoms with Crippen LogP contribution in [0.25, 0.3) is 10.6 Å². The quantitative estimate of drug-likeness (QED) is 0.773. The molecule has 1 N–H and O–H groups in total. The molecule has 0 spiro atoms. The number of benzene rings is 1.